The van der Waals surface area contributed by atoms with E-state index in [1.807, 2.05) is 24.3 Å². The Bertz CT molecular complexity index is 2460. The quantitative estimate of drug-likeness (QED) is 0.130. The maximum Gasteiger partial charge on any atom is 0.101 e. The van der Waals surface area contributed by atoms with Crippen molar-refractivity contribution in [2.45, 2.75) is 27.2 Å². The van der Waals surface area contributed by atoms with Gasteiger partial charge in [-0.05, 0) is 102 Å². The van der Waals surface area contributed by atoms with Gasteiger partial charge in [0.2, 0.25) is 0 Å². The summed E-state index contributed by atoms with van der Waals surface area (Å²) in [5, 5.41) is 9.56. The van der Waals surface area contributed by atoms with Crippen LogP contribution in [0.4, 0.5) is 45.5 Å². The van der Waals surface area contributed by atoms with Crippen LogP contribution in [-0.4, -0.2) is 18.1 Å². The van der Waals surface area contributed by atoms with Crippen molar-refractivity contribution < 1.29 is 0 Å². The van der Waals surface area contributed by atoms with Gasteiger partial charge in [-0.2, -0.15) is 5.10 Å². The Kier molecular flexibility index (Phi) is 10.3. The van der Waals surface area contributed by atoms with Crippen LogP contribution in [0.1, 0.15) is 27.2 Å². The third-order valence-corrected chi connectivity index (χ3v) is 10.4. The van der Waals surface area contributed by atoms with E-state index in [0.717, 1.165) is 86.5 Å². The van der Waals surface area contributed by atoms with Crippen LogP contribution in [0.5, 0.6) is 0 Å². The first kappa shape index (κ1) is 36.2. The molecule has 0 bridgehead atoms. The molecule has 1 aliphatic rings. The summed E-state index contributed by atoms with van der Waals surface area (Å²) in [6.45, 7) is 8.28. The fourth-order valence-corrected chi connectivity index (χ4v) is 7.86. The summed E-state index contributed by atoms with van der Waals surface area (Å²) >= 11 is 0. The molecule has 1 aliphatic heterocycles. The Labute approximate surface area is 330 Å². The van der Waals surface area contributed by atoms with Crippen LogP contribution < -0.4 is 31.8 Å². The second-order valence-electron chi connectivity index (χ2n) is 14.7. The lowest BCUT2D eigenvalue weighted by Gasteiger charge is -2.29. The molecule has 8 rings (SSSR count). The van der Waals surface area contributed by atoms with Crippen molar-refractivity contribution in [1.29, 1.82) is 0 Å². The van der Waals surface area contributed by atoms with Crippen LogP contribution in [0, 0.1) is 5.92 Å². The van der Waals surface area contributed by atoms with Crippen LogP contribution in [0.25, 0.3) is 27.8 Å². The van der Waals surface area contributed by atoms with E-state index in [2.05, 4.69) is 181 Å². The maximum atomic E-state index is 7.21. The van der Waals surface area contributed by atoms with E-state index in [9.17, 15) is 0 Å². The molecular weight excluding hydrogens is 685 g/mol. The summed E-state index contributed by atoms with van der Waals surface area (Å²) in [7, 11) is 0. The van der Waals surface area contributed by atoms with Crippen LogP contribution in [-0.2, 0) is 0 Å². The first-order valence-electron chi connectivity index (χ1n) is 19.5. The van der Waals surface area contributed by atoms with Gasteiger partial charge in [-0.15, -0.1) is 0 Å². The molecule has 278 valence electrons. The zero-order valence-electron chi connectivity index (χ0n) is 32.3. The summed E-state index contributed by atoms with van der Waals surface area (Å²) in [5.74, 6) is 0.443. The van der Waals surface area contributed by atoms with Crippen molar-refractivity contribution in [1.82, 2.24) is 5.01 Å². The third kappa shape index (κ3) is 7.09. The van der Waals surface area contributed by atoms with E-state index >= 15 is 0 Å². The Hall–Kier alpha value is -6.79. The molecule has 0 fully saturated rings. The third-order valence-electron chi connectivity index (χ3n) is 10.4. The smallest absolute Gasteiger partial charge is 0.101 e. The predicted molar refractivity (Wildman–Crippen MR) is 236 cm³/mol. The SMILES string of the molecule is CCC1=c2c(-c3ccc(N(c4ccccc4)c4ccccc4)cc3)c(N)c(N)c(-c3ccc(N(c4ccccc4)c4ccccc4)cc3)c2=NN(CC(C)C)C1. The summed E-state index contributed by atoms with van der Waals surface area (Å²) in [5.41, 5.74) is 27.1. The molecule has 56 heavy (non-hydrogen) atoms. The molecule has 0 spiro atoms. The minimum Gasteiger partial charge on any atom is -0.397 e. The lowest BCUT2D eigenvalue weighted by atomic mass is 9.89. The second kappa shape index (κ2) is 15.9. The number of para-hydroxylation sites is 4. The average molecular weight is 733 g/mol. The topological polar surface area (TPSA) is 74.1 Å². The van der Waals surface area contributed by atoms with Gasteiger partial charge in [-0.25, -0.2) is 0 Å². The van der Waals surface area contributed by atoms with E-state index in [4.69, 9.17) is 16.6 Å². The van der Waals surface area contributed by atoms with Crippen molar-refractivity contribution >= 4 is 51.1 Å². The molecule has 6 nitrogen and oxygen atoms in total. The normalized spacial score (nSPS) is 12.3. The van der Waals surface area contributed by atoms with Gasteiger partial charge < -0.3 is 21.3 Å². The van der Waals surface area contributed by atoms with Crippen molar-refractivity contribution in [2.75, 3.05) is 34.4 Å². The number of nitrogen functional groups attached to an aromatic ring is 2. The number of fused-ring (bicyclic) bond motifs is 1. The molecule has 4 N–H and O–H groups in total. The van der Waals surface area contributed by atoms with Gasteiger partial charge in [0.1, 0.15) is 5.36 Å². The zero-order chi connectivity index (χ0) is 38.6. The van der Waals surface area contributed by atoms with Crippen molar-refractivity contribution in [3.8, 4) is 22.3 Å². The van der Waals surface area contributed by atoms with E-state index in [0.29, 0.717) is 17.3 Å². The predicted octanol–water partition coefficient (Wildman–Crippen LogP) is 11.2. The van der Waals surface area contributed by atoms with Gasteiger partial charge in [-0.1, -0.05) is 118 Å². The zero-order valence-corrected chi connectivity index (χ0v) is 32.3. The Morgan fingerprint density at radius 1 is 0.518 bits per heavy atom. The second-order valence-corrected chi connectivity index (χ2v) is 14.7. The molecule has 0 radical (unpaired) electrons. The number of hydrogen-bond acceptors (Lipinski definition) is 6. The highest BCUT2D eigenvalue weighted by Gasteiger charge is 2.24. The molecule has 7 aromatic carbocycles. The van der Waals surface area contributed by atoms with Crippen LogP contribution in [0.15, 0.2) is 175 Å². The summed E-state index contributed by atoms with van der Waals surface area (Å²) in [4.78, 5) is 4.53. The molecule has 0 unspecified atom stereocenters. The maximum absolute atomic E-state index is 7.21. The minimum absolute atomic E-state index is 0.443. The van der Waals surface area contributed by atoms with E-state index in [-0.39, 0.29) is 0 Å². The van der Waals surface area contributed by atoms with Crippen LogP contribution in [0.3, 0.4) is 0 Å². The molecule has 0 saturated carbocycles. The molecule has 0 aromatic heterocycles. The van der Waals surface area contributed by atoms with Crippen molar-refractivity contribution in [3.63, 3.8) is 0 Å². The highest BCUT2D eigenvalue weighted by Crippen LogP contribution is 2.40. The van der Waals surface area contributed by atoms with Crippen LogP contribution in [0.2, 0.25) is 0 Å². The van der Waals surface area contributed by atoms with Gasteiger partial charge in [0, 0.05) is 57.0 Å². The first-order chi connectivity index (χ1) is 27.4. The molecule has 0 aliphatic carbocycles. The van der Waals surface area contributed by atoms with Crippen molar-refractivity contribution in [2.24, 2.45) is 11.0 Å². The average Bonchev–Trinajstić information content (AvgIpc) is 3.24. The lowest BCUT2D eigenvalue weighted by Crippen LogP contribution is -2.43. The molecule has 6 heteroatoms. The largest absolute Gasteiger partial charge is 0.397 e. The summed E-state index contributed by atoms with van der Waals surface area (Å²) in [6.07, 6.45) is 0.864. The lowest BCUT2D eigenvalue weighted by molar-refractivity contribution is 0.270. The number of hydrogen-bond donors (Lipinski definition) is 2. The van der Waals surface area contributed by atoms with Gasteiger partial charge in [0.05, 0.1) is 17.9 Å². The summed E-state index contributed by atoms with van der Waals surface area (Å²) < 4.78 is 0. The standard InChI is InChI=1S/C50H48N6/c1-4-36-34-54(33-35(2)3)53-50-46(36)45(37-25-29-43(30-26-37)55(39-17-9-5-10-18-39)40-19-11-6-12-20-40)48(51)49(52)47(50)38-27-31-44(32-28-38)56(41-21-13-7-14-22-41)42-23-15-8-16-24-42/h5-32,35H,4,33-34,51-52H2,1-3H3. The van der Waals surface area contributed by atoms with Crippen LogP contribution >= 0.6 is 0 Å². The molecule has 0 saturated heterocycles. The monoisotopic (exact) mass is 732 g/mol. The fraction of sp³-hybridized carbons (Fsp3) is 0.140. The Morgan fingerprint density at radius 2 is 0.875 bits per heavy atom. The first-order valence-corrected chi connectivity index (χ1v) is 19.5. The number of nitrogens with two attached hydrogens (primary N) is 2. The fourth-order valence-electron chi connectivity index (χ4n) is 7.86. The summed E-state index contributed by atoms with van der Waals surface area (Å²) in [6, 6.07) is 59.1. The molecule has 1 heterocycles. The van der Waals surface area contributed by atoms with E-state index in [1.54, 1.807) is 0 Å². The van der Waals surface area contributed by atoms with Gasteiger partial charge in [-0.3, -0.25) is 5.01 Å². The van der Waals surface area contributed by atoms with Crippen molar-refractivity contribution in [3.05, 3.63) is 180 Å². The highest BCUT2D eigenvalue weighted by molar-refractivity contribution is 5.95. The van der Waals surface area contributed by atoms with E-state index in [1.165, 1.54) is 5.57 Å². The van der Waals surface area contributed by atoms with Gasteiger partial charge in [0.15, 0.2) is 0 Å². The minimum atomic E-state index is 0.443. The Morgan fingerprint density at radius 3 is 1.25 bits per heavy atom. The molecule has 7 aromatic rings. The van der Waals surface area contributed by atoms with Gasteiger partial charge in [0.25, 0.3) is 0 Å². The number of rotatable bonds is 11. The van der Waals surface area contributed by atoms with E-state index < -0.39 is 0 Å². The molecular formula is C50H48N6. The highest BCUT2D eigenvalue weighted by atomic mass is 15.5. The number of nitrogens with zero attached hydrogens (tertiary/aromatic N) is 4. The number of anilines is 8. The molecule has 0 atom stereocenters. The van der Waals surface area contributed by atoms with Gasteiger partial charge >= 0.3 is 0 Å². The number of benzene rings is 7. The Balaban J connectivity index is 1.28. The molecule has 0 amide bonds.